The van der Waals surface area contributed by atoms with Gasteiger partial charge in [-0.1, -0.05) is 48.5 Å². The van der Waals surface area contributed by atoms with Crippen LogP contribution in [0.4, 0.5) is 0 Å². The van der Waals surface area contributed by atoms with Gasteiger partial charge >= 0.3 is 0 Å². The van der Waals surface area contributed by atoms with E-state index in [0.717, 1.165) is 21.9 Å². The first-order valence-electron chi connectivity index (χ1n) is 6.70. The summed E-state index contributed by atoms with van der Waals surface area (Å²) >= 11 is 0. The summed E-state index contributed by atoms with van der Waals surface area (Å²) in [4.78, 5) is 12.5. The van der Waals surface area contributed by atoms with Crippen molar-refractivity contribution >= 4 is 10.8 Å². The Labute approximate surface area is 116 Å². The molecule has 0 atom stereocenters. The van der Waals surface area contributed by atoms with Crippen molar-refractivity contribution in [2.75, 3.05) is 6.61 Å². The summed E-state index contributed by atoms with van der Waals surface area (Å²) in [5.41, 5.74) is 2.13. The Balaban J connectivity index is 2.20. The molecular formula is C17H13NO2. The van der Waals surface area contributed by atoms with Crippen LogP contribution in [0.5, 0.6) is 5.88 Å². The number of rotatable bonds is 1. The molecule has 0 saturated heterocycles. The lowest BCUT2D eigenvalue weighted by atomic mass is 10.00. The SMILES string of the molecule is O=c1c2ccccc2c(-c2ccccc2)c2n1CCO2. The van der Waals surface area contributed by atoms with Crippen molar-refractivity contribution < 1.29 is 4.74 Å². The van der Waals surface area contributed by atoms with E-state index in [0.29, 0.717) is 19.0 Å². The Morgan fingerprint density at radius 2 is 1.60 bits per heavy atom. The summed E-state index contributed by atoms with van der Waals surface area (Å²) in [7, 11) is 0. The maximum Gasteiger partial charge on any atom is 0.261 e. The lowest BCUT2D eigenvalue weighted by Gasteiger charge is -2.12. The van der Waals surface area contributed by atoms with Gasteiger partial charge in [-0.15, -0.1) is 0 Å². The molecule has 1 aliphatic heterocycles. The van der Waals surface area contributed by atoms with Gasteiger partial charge in [-0.05, 0) is 11.6 Å². The zero-order valence-corrected chi connectivity index (χ0v) is 10.9. The summed E-state index contributed by atoms with van der Waals surface area (Å²) in [6.07, 6.45) is 0. The summed E-state index contributed by atoms with van der Waals surface area (Å²) in [5, 5.41) is 1.71. The summed E-state index contributed by atoms with van der Waals surface area (Å²) < 4.78 is 7.48. The average molecular weight is 263 g/mol. The molecule has 0 unspecified atom stereocenters. The highest BCUT2D eigenvalue weighted by Gasteiger charge is 2.22. The quantitative estimate of drug-likeness (QED) is 0.675. The van der Waals surface area contributed by atoms with Crippen molar-refractivity contribution in [1.29, 1.82) is 0 Å². The Bertz CT molecular complexity index is 850. The minimum absolute atomic E-state index is 0.0350. The largest absolute Gasteiger partial charge is 0.476 e. The molecule has 0 bridgehead atoms. The number of ether oxygens (including phenoxy) is 1. The third-order valence-electron chi connectivity index (χ3n) is 3.75. The summed E-state index contributed by atoms with van der Waals surface area (Å²) in [5.74, 6) is 0.694. The fourth-order valence-corrected chi connectivity index (χ4v) is 2.85. The normalized spacial score (nSPS) is 13.2. The second kappa shape index (κ2) is 4.23. The predicted molar refractivity (Wildman–Crippen MR) is 79.1 cm³/mol. The van der Waals surface area contributed by atoms with Crippen molar-refractivity contribution in [2.24, 2.45) is 0 Å². The van der Waals surface area contributed by atoms with Crippen LogP contribution in [0, 0.1) is 0 Å². The van der Waals surface area contributed by atoms with Crippen molar-refractivity contribution in [3.05, 3.63) is 65.0 Å². The van der Waals surface area contributed by atoms with E-state index in [4.69, 9.17) is 4.74 Å². The van der Waals surface area contributed by atoms with Crippen LogP contribution in [0.25, 0.3) is 21.9 Å². The molecule has 0 aliphatic carbocycles. The maximum atomic E-state index is 12.5. The van der Waals surface area contributed by atoms with Gasteiger partial charge in [-0.3, -0.25) is 9.36 Å². The van der Waals surface area contributed by atoms with Crippen LogP contribution in [0.1, 0.15) is 0 Å². The van der Waals surface area contributed by atoms with Gasteiger partial charge in [-0.2, -0.15) is 0 Å². The molecule has 0 fully saturated rings. The molecule has 0 spiro atoms. The highest BCUT2D eigenvalue weighted by molar-refractivity contribution is 5.98. The van der Waals surface area contributed by atoms with Crippen LogP contribution in [-0.2, 0) is 6.54 Å². The van der Waals surface area contributed by atoms with Crippen LogP contribution < -0.4 is 10.3 Å². The molecule has 0 saturated carbocycles. The fourth-order valence-electron chi connectivity index (χ4n) is 2.85. The van der Waals surface area contributed by atoms with E-state index in [1.54, 1.807) is 4.57 Å². The van der Waals surface area contributed by atoms with Crippen LogP contribution in [0.3, 0.4) is 0 Å². The molecule has 2 aromatic carbocycles. The number of benzene rings is 2. The van der Waals surface area contributed by atoms with Gasteiger partial charge in [0.05, 0.1) is 12.1 Å². The van der Waals surface area contributed by atoms with Crippen LogP contribution >= 0.6 is 0 Å². The third kappa shape index (κ3) is 1.50. The van der Waals surface area contributed by atoms with Crippen LogP contribution in [-0.4, -0.2) is 11.2 Å². The van der Waals surface area contributed by atoms with Crippen LogP contribution in [0.2, 0.25) is 0 Å². The van der Waals surface area contributed by atoms with E-state index in [1.165, 1.54) is 0 Å². The maximum absolute atomic E-state index is 12.5. The first-order chi connectivity index (χ1) is 9.86. The Morgan fingerprint density at radius 3 is 2.40 bits per heavy atom. The predicted octanol–water partition coefficient (Wildman–Crippen LogP) is 3.06. The van der Waals surface area contributed by atoms with E-state index in [9.17, 15) is 4.79 Å². The van der Waals surface area contributed by atoms with E-state index in [2.05, 4.69) is 12.1 Å². The first kappa shape index (κ1) is 11.3. The van der Waals surface area contributed by atoms with E-state index in [1.807, 2.05) is 42.5 Å². The number of hydrogen-bond acceptors (Lipinski definition) is 2. The highest BCUT2D eigenvalue weighted by Crippen LogP contribution is 2.36. The van der Waals surface area contributed by atoms with Gasteiger partial charge in [-0.25, -0.2) is 0 Å². The lowest BCUT2D eigenvalue weighted by Crippen LogP contribution is -2.18. The van der Waals surface area contributed by atoms with Crippen LogP contribution in [0.15, 0.2) is 59.4 Å². The molecule has 1 aromatic heterocycles. The third-order valence-corrected chi connectivity index (χ3v) is 3.75. The molecule has 2 heterocycles. The number of hydrogen-bond donors (Lipinski definition) is 0. The molecule has 3 aromatic rings. The molecular weight excluding hydrogens is 250 g/mol. The van der Waals surface area contributed by atoms with Crippen molar-refractivity contribution in [3.63, 3.8) is 0 Å². The van der Waals surface area contributed by atoms with Gasteiger partial charge < -0.3 is 4.74 Å². The number of pyridine rings is 1. The topological polar surface area (TPSA) is 31.2 Å². The monoisotopic (exact) mass is 263 g/mol. The molecule has 4 rings (SSSR count). The minimum Gasteiger partial charge on any atom is -0.476 e. The fraction of sp³-hybridized carbons (Fsp3) is 0.118. The Morgan fingerprint density at radius 1 is 0.900 bits per heavy atom. The van der Waals surface area contributed by atoms with Crippen molar-refractivity contribution in [2.45, 2.75) is 6.54 Å². The average Bonchev–Trinajstić information content (AvgIpc) is 2.98. The Hall–Kier alpha value is -2.55. The first-order valence-corrected chi connectivity index (χ1v) is 6.70. The number of fused-ring (bicyclic) bond motifs is 2. The number of nitrogens with zero attached hydrogens (tertiary/aromatic N) is 1. The molecule has 1 aliphatic rings. The van der Waals surface area contributed by atoms with Gasteiger partial charge in [0.2, 0.25) is 5.88 Å². The zero-order chi connectivity index (χ0) is 13.5. The van der Waals surface area contributed by atoms with E-state index in [-0.39, 0.29) is 5.56 Å². The molecule has 20 heavy (non-hydrogen) atoms. The van der Waals surface area contributed by atoms with Crippen molar-refractivity contribution in [1.82, 2.24) is 4.57 Å². The van der Waals surface area contributed by atoms with Gasteiger partial charge in [0, 0.05) is 10.8 Å². The van der Waals surface area contributed by atoms with E-state index < -0.39 is 0 Å². The standard InChI is InChI=1S/C17H13NO2/c19-16-14-9-5-4-8-13(14)15(12-6-2-1-3-7-12)17-18(16)10-11-20-17/h1-9H,10-11H2. The second-order valence-corrected chi connectivity index (χ2v) is 4.90. The van der Waals surface area contributed by atoms with E-state index >= 15 is 0 Å². The molecule has 3 heteroatoms. The highest BCUT2D eigenvalue weighted by atomic mass is 16.5. The second-order valence-electron chi connectivity index (χ2n) is 4.90. The lowest BCUT2D eigenvalue weighted by molar-refractivity contribution is 0.358. The zero-order valence-electron chi connectivity index (χ0n) is 10.9. The number of aromatic nitrogens is 1. The summed E-state index contributed by atoms with van der Waals surface area (Å²) in [6, 6.07) is 17.8. The van der Waals surface area contributed by atoms with Crippen molar-refractivity contribution in [3.8, 4) is 17.0 Å². The molecule has 0 radical (unpaired) electrons. The van der Waals surface area contributed by atoms with Gasteiger partial charge in [0.1, 0.15) is 6.61 Å². The molecule has 0 N–H and O–H groups in total. The smallest absolute Gasteiger partial charge is 0.261 e. The Kier molecular flexibility index (Phi) is 2.39. The molecule has 3 nitrogen and oxygen atoms in total. The molecule has 0 amide bonds. The molecule has 98 valence electrons. The minimum atomic E-state index is 0.0350. The van der Waals surface area contributed by atoms with Gasteiger partial charge in [0.25, 0.3) is 5.56 Å². The summed E-state index contributed by atoms with van der Waals surface area (Å²) in [6.45, 7) is 1.18. The van der Waals surface area contributed by atoms with Gasteiger partial charge in [0.15, 0.2) is 0 Å².